The number of hydrogen-bond donors (Lipinski definition) is 1. The van der Waals surface area contributed by atoms with Crippen molar-refractivity contribution in [1.29, 1.82) is 0 Å². The maximum Gasteiger partial charge on any atom is 0.177 e. The van der Waals surface area contributed by atoms with E-state index in [-0.39, 0.29) is 0 Å². The number of nitrogens with zero attached hydrogens (tertiary/aromatic N) is 4. The minimum Gasteiger partial charge on any atom is -0.316 e. The number of fused-ring (bicyclic) bond motifs is 1. The van der Waals surface area contributed by atoms with E-state index in [1.165, 1.54) is 0 Å². The van der Waals surface area contributed by atoms with Gasteiger partial charge in [0.2, 0.25) is 0 Å². The molecule has 1 saturated heterocycles. The fourth-order valence-corrected chi connectivity index (χ4v) is 2.28. The highest BCUT2D eigenvalue weighted by atomic mass is 15.4. The summed E-state index contributed by atoms with van der Waals surface area (Å²) in [5.74, 6) is 2.00. The van der Waals surface area contributed by atoms with Crippen molar-refractivity contribution in [3.05, 3.63) is 23.7 Å². The van der Waals surface area contributed by atoms with Crippen LogP contribution in [0.15, 0.2) is 12.1 Å². The van der Waals surface area contributed by atoms with Gasteiger partial charge in [0.25, 0.3) is 0 Å². The number of nitrogens with one attached hydrogen (secondary N) is 1. The van der Waals surface area contributed by atoms with E-state index in [2.05, 4.69) is 27.5 Å². The van der Waals surface area contributed by atoms with Gasteiger partial charge in [0.1, 0.15) is 0 Å². The molecule has 0 bridgehead atoms. The summed E-state index contributed by atoms with van der Waals surface area (Å²) in [6, 6.07) is 3.93. The molecule has 2 aromatic heterocycles. The molecule has 3 heterocycles. The number of aromatic nitrogens is 4. The van der Waals surface area contributed by atoms with Gasteiger partial charge < -0.3 is 5.32 Å². The van der Waals surface area contributed by atoms with Gasteiger partial charge in [0.15, 0.2) is 11.5 Å². The highest BCUT2D eigenvalue weighted by Gasteiger charge is 2.29. The highest BCUT2D eigenvalue weighted by Crippen LogP contribution is 2.25. The topological polar surface area (TPSA) is 55.1 Å². The van der Waals surface area contributed by atoms with Crippen LogP contribution in [0.1, 0.15) is 24.4 Å². The Morgan fingerprint density at radius 3 is 2.94 bits per heavy atom. The van der Waals surface area contributed by atoms with E-state index in [0.29, 0.717) is 11.8 Å². The molecule has 1 aliphatic rings. The summed E-state index contributed by atoms with van der Waals surface area (Å²) in [6.45, 7) is 6.24. The van der Waals surface area contributed by atoms with Crippen molar-refractivity contribution in [2.24, 2.45) is 5.92 Å². The normalized spacial score (nSPS) is 25.4. The Hall–Kier alpha value is -1.49. The zero-order valence-electron chi connectivity index (χ0n) is 9.51. The van der Waals surface area contributed by atoms with Gasteiger partial charge in [-0.25, -0.2) is 0 Å². The third-order valence-corrected chi connectivity index (χ3v) is 3.27. The molecule has 0 aliphatic carbocycles. The maximum atomic E-state index is 4.48. The van der Waals surface area contributed by atoms with E-state index in [1.54, 1.807) is 0 Å². The second-order valence-electron chi connectivity index (χ2n) is 4.54. The van der Waals surface area contributed by atoms with Gasteiger partial charge in [0.05, 0.1) is 5.69 Å². The molecule has 0 radical (unpaired) electrons. The van der Waals surface area contributed by atoms with Gasteiger partial charge in [-0.15, -0.1) is 10.2 Å². The van der Waals surface area contributed by atoms with E-state index in [1.807, 2.05) is 23.6 Å². The monoisotopic (exact) mass is 217 g/mol. The first kappa shape index (κ1) is 9.72. The minimum atomic E-state index is 0.421. The number of hydrogen-bond acceptors (Lipinski definition) is 4. The van der Waals surface area contributed by atoms with Gasteiger partial charge in [-0.3, -0.25) is 0 Å². The van der Waals surface area contributed by atoms with Crippen molar-refractivity contribution in [3.8, 4) is 0 Å². The van der Waals surface area contributed by atoms with Crippen molar-refractivity contribution in [1.82, 2.24) is 25.1 Å². The summed E-state index contributed by atoms with van der Waals surface area (Å²) in [7, 11) is 0. The van der Waals surface area contributed by atoms with Crippen LogP contribution in [0.5, 0.6) is 0 Å². The molecular weight excluding hydrogens is 202 g/mol. The lowest BCUT2D eigenvalue weighted by Crippen LogP contribution is -2.13. The average Bonchev–Trinajstić information content (AvgIpc) is 2.83. The number of rotatable bonds is 1. The molecular formula is C11H15N5. The second kappa shape index (κ2) is 3.52. The highest BCUT2D eigenvalue weighted by molar-refractivity contribution is 5.36. The first-order valence-corrected chi connectivity index (χ1v) is 5.65. The predicted molar refractivity (Wildman–Crippen MR) is 60.3 cm³/mol. The van der Waals surface area contributed by atoms with Crippen LogP contribution in [0.3, 0.4) is 0 Å². The van der Waals surface area contributed by atoms with Crippen LogP contribution in [-0.4, -0.2) is 32.9 Å². The molecule has 2 atom stereocenters. The van der Waals surface area contributed by atoms with Crippen LogP contribution < -0.4 is 5.32 Å². The molecule has 84 valence electrons. The van der Waals surface area contributed by atoms with Gasteiger partial charge in [-0.1, -0.05) is 6.92 Å². The summed E-state index contributed by atoms with van der Waals surface area (Å²) in [5, 5.41) is 16.3. The maximum absolute atomic E-state index is 4.48. The Morgan fingerprint density at radius 2 is 2.19 bits per heavy atom. The SMILES string of the molecule is Cc1ccc2nnc([C@@H]3CNC[C@H]3C)n2n1. The molecule has 16 heavy (non-hydrogen) atoms. The lowest BCUT2D eigenvalue weighted by atomic mass is 9.98. The average molecular weight is 217 g/mol. The summed E-state index contributed by atoms with van der Waals surface area (Å²) >= 11 is 0. The lowest BCUT2D eigenvalue weighted by Gasteiger charge is -2.11. The van der Waals surface area contributed by atoms with Crippen LogP contribution in [0.2, 0.25) is 0 Å². The van der Waals surface area contributed by atoms with Crippen molar-refractivity contribution >= 4 is 5.65 Å². The van der Waals surface area contributed by atoms with Gasteiger partial charge >= 0.3 is 0 Å². The van der Waals surface area contributed by atoms with Crippen molar-refractivity contribution in [2.75, 3.05) is 13.1 Å². The Balaban J connectivity index is 2.12. The van der Waals surface area contributed by atoms with Crippen molar-refractivity contribution in [3.63, 3.8) is 0 Å². The quantitative estimate of drug-likeness (QED) is 0.766. The van der Waals surface area contributed by atoms with Crippen molar-refractivity contribution < 1.29 is 0 Å². The Kier molecular flexibility index (Phi) is 2.14. The van der Waals surface area contributed by atoms with Gasteiger partial charge in [-0.2, -0.15) is 9.61 Å². The van der Waals surface area contributed by atoms with E-state index in [0.717, 1.165) is 30.3 Å². The number of aryl methyl sites for hydroxylation is 1. The van der Waals surface area contributed by atoms with Crippen LogP contribution in [-0.2, 0) is 0 Å². The molecule has 0 unspecified atom stereocenters. The van der Waals surface area contributed by atoms with Crippen LogP contribution in [0.4, 0.5) is 0 Å². The zero-order valence-corrected chi connectivity index (χ0v) is 9.51. The van der Waals surface area contributed by atoms with Gasteiger partial charge in [-0.05, 0) is 31.5 Å². The first-order chi connectivity index (χ1) is 7.75. The zero-order chi connectivity index (χ0) is 11.1. The fraction of sp³-hybridized carbons (Fsp3) is 0.545. The van der Waals surface area contributed by atoms with E-state index in [9.17, 15) is 0 Å². The predicted octanol–water partition coefficient (Wildman–Crippen LogP) is 0.756. The van der Waals surface area contributed by atoms with Gasteiger partial charge in [0, 0.05) is 12.5 Å². The molecule has 1 fully saturated rings. The summed E-state index contributed by atoms with van der Waals surface area (Å²) in [6.07, 6.45) is 0. The van der Waals surface area contributed by atoms with Crippen molar-refractivity contribution in [2.45, 2.75) is 19.8 Å². The third-order valence-electron chi connectivity index (χ3n) is 3.27. The lowest BCUT2D eigenvalue weighted by molar-refractivity contribution is 0.532. The van der Waals surface area contributed by atoms with Crippen LogP contribution in [0, 0.1) is 12.8 Å². The molecule has 5 nitrogen and oxygen atoms in total. The van der Waals surface area contributed by atoms with E-state index < -0.39 is 0 Å². The van der Waals surface area contributed by atoms with E-state index >= 15 is 0 Å². The molecule has 2 aromatic rings. The minimum absolute atomic E-state index is 0.421. The molecule has 5 heteroatoms. The van der Waals surface area contributed by atoms with Crippen LogP contribution in [0.25, 0.3) is 5.65 Å². The Bertz CT molecular complexity index is 518. The summed E-state index contributed by atoms with van der Waals surface area (Å²) in [5.41, 5.74) is 1.83. The molecule has 1 N–H and O–H groups in total. The summed E-state index contributed by atoms with van der Waals surface area (Å²) in [4.78, 5) is 0. The standard InChI is InChI=1S/C11H15N5/c1-7-5-12-6-9(7)11-14-13-10-4-3-8(2)15-16(10)11/h3-4,7,9,12H,5-6H2,1-2H3/t7-,9-/m1/s1. The third kappa shape index (κ3) is 1.39. The molecule has 0 saturated carbocycles. The van der Waals surface area contributed by atoms with Crippen LogP contribution >= 0.6 is 0 Å². The molecule has 0 spiro atoms. The van der Waals surface area contributed by atoms with E-state index in [4.69, 9.17) is 0 Å². The Labute approximate surface area is 93.9 Å². The summed E-state index contributed by atoms with van der Waals surface area (Å²) < 4.78 is 1.88. The second-order valence-corrected chi connectivity index (χ2v) is 4.54. The fourth-order valence-electron chi connectivity index (χ4n) is 2.28. The smallest absolute Gasteiger partial charge is 0.177 e. The largest absolute Gasteiger partial charge is 0.316 e. The first-order valence-electron chi connectivity index (χ1n) is 5.65. The molecule has 1 aliphatic heterocycles. The molecule has 0 amide bonds. The Morgan fingerprint density at radius 1 is 1.31 bits per heavy atom. The molecule has 3 rings (SSSR count). The molecule has 0 aromatic carbocycles.